The second-order valence-electron chi connectivity index (χ2n) is 9.72. The maximum absolute atomic E-state index is 14.4. The van der Waals surface area contributed by atoms with E-state index in [1.54, 1.807) is 25.1 Å². The predicted octanol–water partition coefficient (Wildman–Crippen LogP) is 5.99. The van der Waals surface area contributed by atoms with E-state index < -0.39 is 36.9 Å². The molecule has 0 saturated heterocycles. The van der Waals surface area contributed by atoms with Crippen LogP contribution in [-0.4, -0.2) is 27.0 Å². The molecule has 1 N–H and O–H groups in total. The van der Waals surface area contributed by atoms with Gasteiger partial charge in [0, 0.05) is 41.0 Å². The lowest BCUT2D eigenvalue weighted by Gasteiger charge is -2.33. The SMILES string of the molecule is CC1=CC(c2cc([N+](=O)[O-])c(C)cc2Oc2ccc(F)cc2F)=CCC1(C)S(=O)(=O)n1ccc2cc[nH]c(=O)c21. The minimum absolute atomic E-state index is 0.00234. The fraction of sp³-hybridized carbons (Fsp3) is 0.179. The zero-order valence-electron chi connectivity index (χ0n) is 21.6. The molecule has 1 unspecified atom stereocenters. The van der Waals surface area contributed by atoms with Gasteiger partial charge in [-0.15, -0.1) is 0 Å². The largest absolute Gasteiger partial charge is 0.454 e. The molecule has 0 amide bonds. The number of aromatic nitrogens is 2. The number of nitro benzene ring substituents is 1. The van der Waals surface area contributed by atoms with Gasteiger partial charge in [-0.3, -0.25) is 14.9 Å². The number of H-pyrrole nitrogens is 1. The first kappa shape index (κ1) is 27.0. The molecule has 1 atom stereocenters. The van der Waals surface area contributed by atoms with Crippen LogP contribution in [0.25, 0.3) is 16.5 Å². The molecule has 0 fully saturated rings. The van der Waals surface area contributed by atoms with E-state index >= 15 is 0 Å². The fourth-order valence-corrected chi connectivity index (χ4v) is 6.59. The van der Waals surface area contributed by atoms with E-state index in [0.29, 0.717) is 22.6 Å². The summed E-state index contributed by atoms with van der Waals surface area (Å²) in [5.74, 6) is -1.97. The summed E-state index contributed by atoms with van der Waals surface area (Å²) in [5, 5.41) is 12.2. The number of ether oxygens (including phenoxy) is 1. The van der Waals surface area contributed by atoms with E-state index in [4.69, 9.17) is 4.74 Å². The van der Waals surface area contributed by atoms with Gasteiger partial charge in [-0.05, 0) is 68.7 Å². The Morgan fingerprint density at radius 2 is 1.85 bits per heavy atom. The van der Waals surface area contributed by atoms with E-state index in [9.17, 15) is 32.1 Å². The molecule has 0 bridgehead atoms. The number of hydrogen-bond donors (Lipinski definition) is 1. The zero-order valence-corrected chi connectivity index (χ0v) is 22.4. The maximum Gasteiger partial charge on any atom is 0.273 e. The lowest BCUT2D eigenvalue weighted by molar-refractivity contribution is -0.385. The van der Waals surface area contributed by atoms with E-state index in [2.05, 4.69) is 4.98 Å². The molecule has 12 heteroatoms. The molecule has 2 aromatic heterocycles. The Bertz CT molecular complexity index is 1940. The molecule has 0 radical (unpaired) electrons. The molecule has 0 aliphatic heterocycles. The number of pyridine rings is 1. The maximum atomic E-state index is 14.4. The van der Waals surface area contributed by atoms with Gasteiger partial charge in [-0.2, -0.15) is 0 Å². The van der Waals surface area contributed by atoms with Crippen LogP contribution in [0.3, 0.4) is 0 Å². The van der Waals surface area contributed by atoms with Crippen molar-refractivity contribution in [3.8, 4) is 11.5 Å². The van der Waals surface area contributed by atoms with Gasteiger partial charge in [-0.25, -0.2) is 21.2 Å². The van der Waals surface area contributed by atoms with Crippen LogP contribution >= 0.6 is 0 Å². The van der Waals surface area contributed by atoms with Crippen LogP contribution in [0.5, 0.6) is 11.5 Å². The Kier molecular flexibility index (Phi) is 6.45. The first-order valence-electron chi connectivity index (χ1n) is 12.1. The lowest BCUT2D eigenvalue weighted by Crippen LogP contribution is -2.41. The number of benzene rings is 2. The third-order valence-corrected chi connectivity index (χ3v) is 9.69. The van der Waals surface area contributed by atoms with Crippen LogP contribution in [0.4, 0.5) is 14.5 Å². The molecule has 2 heterocycles. The van der Waals surface area contributed by atoms with Crippen LogP contribution in [0.1, 0.15) is 31.4 Å². The summed E-state index contributed by atoms with van der Waals surface area (Å²) in [7, 11) is -4.16. The highest BCUT2D eigenvalue weighted by Crippen LogP contribution is 2.43. The average molecular weight is 568 g/mol. The van der Waals surface area contributed by atoms with Gasteiger partial charge < -0.3 is 9.72 Å². The van der Waals surface area contributed by atoms with Gasteiger partial charge in [-0.1, -0.05) is 12.2 Å². The molecule has 40 heavy (non-hydrogen) atoms. The molecular formula is C28H23F2N3O6S. The standard InChI is InChI=1S/C28H23F2N3O6S/c1-16-12-25(39-24-5-4-20(29)14-22(24)30)21(15-23(16)33(35)36)19-6-9-28(3,17(2)13-19)40(37,38)32-11-8-18-7-10-31-27(34)26(18)32/h4-8,10-15H,9H2,1-3H3,(H,31,34). The Labute approximate surface area is 227 Å². The van der Waals surface area contributed by atoms with E-state index in [1.807, 2.05) is 0 Å². The number of nitrogens with one attached hydrogen (secondary N) is 1. The number of rotatable bonds is 6. The van der Waals surface area contributed by atoms with Crippen LogP contribution < -0.4 is 10.3 Å². The number of allylic oxidation sites excluding steroid dienone is 3. The Balaban J connectivity index is 1.60. The molecule has 4 aromatic rings. The quantitative estimate of drug-likeness (QED) is 0.226. The first-order valence-corrected chi connectivity index (χ1v) is 13.5. The molecule has 206 valence electrons. The molecule has 9 nitrogen and oxygen atoms in total. The summed E-state index contributed by atoms with van der Waals surface area (Å²) in [4.78, 5) is 26.1. The molecule has 1 aliphatic carbocycles. The number of aryl methyl sites for hydroxylation is 1. The fourth-order valence-electron chi connectivity index (χ4n) is 4.75. The van der Waals surface area contributed by atoms with Crippen molar-refractivity contribution in [2.45, 2.75) is 31.9 Å². The molecule has 5 rings (SSSR count). The molecule has 2 aromatic carbocycles. The van der Waals surface area contributed by atoms with E-state index in [1.165, 1.54) is 44.4 Å². The van der Waals surface area contributed by atoms with Crippen LogP contribution in [0, 0.1) is 28.7 Å². The lowest BCUT2D eigenvalue weighted by atomic mass is 9.87. The van der Waals surface area contributed by atoms with Gasteiger partial charge in [0.25, 0.3) is 11.2 Å². The van der Waals surface area contributed by atoms with Crippen molar-refractivity contribution in [3.05, 3.63) is 116 Å². The van der Waals surface area contributed by atoms with Gasteiger partial charge in [0.2, 0.25) is 10.0 Å². The smallest absolute Gasteiger partial charge is 0.273 e. The Morgan fingerprint density at radius 1 is 1.10 bits per heavy atom. The van der Waals surface area contributed by atoms with Crippen molar-refractivity contribution >= 4 is 32.2 Å². The topological polar surface area (TPSA) is 124 Å². The Hall–Kier alpha value is -4.58. The summed E-state index contributed by atoms with van der Waals surface area (Å²) in [6.07, 6.45) is 5.90. The van der Waals surface area contributed by atoms with Crippen molar-refractivity contribution in [2.24, 2.45) is 0 Å². The number of fused-ring (bicyclic) bond motifs is 1. The van der Waals surface area contributed by atoms with Crippen LogP contribution in [-0.2, 0) is 10.0 Å². The third-order valence-electron chi connectivity index (χ3n) is 7.24. The zero-order chi connectivity index (χ0) is 29.0. The van der Waals surface area contributed by atoms with E-state index in [0.717, 1.165) is 16.1 Å². The normalized spacial score (nSPS) is 17.4. The summed E-state index contributed by atoms with van der Waals surface area (Å²) in [6, 6.07) is 8.58. The second-order valence-corrected chi connectivity index (χ2v) is 12.0. The molecule has 0 spiro atoms. The van der Waals surface area contributed by atoms with Gasteiger partial charge >= 0.3 is 0 Å². The summed E-state index contributed by atoms with van der Waals surface area (Å²) in [5.41, 5.74) is 0.529. The minimum Gasteiger partial charge on any atom is -0.454 e. The monoisotopic (exact) mass is 567 g/mol. The average Bonchev–Trinajstić information content (AvgIpc) is 3.34. The van der Waals surface area contributed by atoms with E-state index in [-0.39, 0.29) is 40.3 Å². The third kappa shape index (κ3) is 4.30. The number of nitrogens with zero attached hydrogens (tertiary/aromatic N) is 2. The predicted molar refractivity (Wildman–Crippen MR) is 146 cm³/mol. The van der Waals surface area contributed by atoms with Crippen molar-refractivity contribution < 1.29 is 26.9 Å². The highest BCUT2D eigenvalue weighted by molar-refractivity contribution is 7.91. The second kappa shape index (κ2) is 9.56. The van der Waals surface area contributed by atoms with Crippen molar-refractivity contribution in [1.29, 1.82) is 0 Å². The first-order chi connectivity index (χ1) is 18.8. The van der Waals surface area contributed by atoms with Crippen molar-refractivity contribution in [2.75, 3.05) is 0 Å². The Morgan fingerprint density at radius 3 is 2.52 bits per heavy atom. The summed E-state index contributed by atoms with van der Waals surface area (Å²) >= 11 is 0. The number of aromatic amines is 1. The summed E-state index contributed by atoms with van der Waals surface area (Å²) < 4.78 is 60.9. The molecular weight excluding hydrogens is 544 g/mol. The number of halogens is 2. The highest BCUT2D eigenvalue weighted by atomic mass is 32.2. The molecule has 1 aliphatic rings. The number of hydrogen-bond acceptors (Lipinski definition) is 6. The van der Waals surface area contributed by atoms with Gasteiger partial charge in [0.05, 0.1) is 4.92 Å². The summed E-state index contributed by atoms with van der Waals surface area (Å²) in [6.45, 7) is 4.65. The molecule has 0 saturated carbocycles. The van der Waals surface area contributed by atoms with Gasteiger partial charge in [0.1, 0.15) is 21.8 Å². The van der Waals surface area contributed by atoms with Crippen LogP contribution in [0.15, 0.2) is 77.4 Å². The van der Waals surface area contributed by atoms with Crippen molar-refractivity contribution in [1.82, 2.24) is 8.96 Å². The van der Waals surface area contributed by atoms with Crippen LogP contribution in [0.2, 0.25) is 0 Å². The van der Waals surface area contributed by atoms with Crippen molar-refractivity contribution in [3.63, 3.8) is 0 Å². The minimum atomic E-state index is -4.16. The highest BCUT2D eigenvalue weighted by Gasteiger charge is 2.44. The number of nitro groups is 1. The van der Waals surface area contributed by atoms with Gasteiger partial charge in [0.15, 0.2) is 11.6 Å².